The maximum absolute atomic E-state index is 5.14. The van der Waals surface area contributed by atoms with Gasteiger partial charge in [0.1, 0.15) is 0 Å². The highest BCUT2D eigenvalue weighted by Gasteiger charge is 2.21. The van der Waals surface area contributed by atoms with Gasteiger partial charge in [-0.2, -0.15) is 0 Å². The van der Waals surface area contributed by atoms with Gasteiger partial charge in [-0.1, -0.05) is 68.4 Å². The Balaban J connectivity index is 0.00000136. The number of fused-ring (bicyclic) bond motifs is 4. The maximum Gasteiger partial charge on any atom is 0.216 e. The van der Waals surface area contributed by atoms with Crippen molar-refractivity contribution in [1.29, 1.82) is 0 Å². The first kappa shape index (κ1) is 23.1. The number of para-hydroxylation sites is 2. The Hall–Kier alpha value is -2.53. The minimum Gasteiger partial charge on any atom is -0.294 e. The van der Waals surface area contributed by atoms with E-state index in [1.165, 1.54) is 27.4 Å². The van der Waals surface area contributed by atoms with Gasteiger partial charge < -0.3 is 0 Å². The third-order valence-corrected chi connectivity index (χ3v) is 6.08. The van der Waals surface area contributed by atoms with Crippen LogP contribution in [0, 0.1) is 0 Å². The van der Waals surface area contributed by atoms with Gasteiger partial charge in [-0.25, -0.2) is 4.98 Å². The highest BCUT2D eigenvalue weighted by atomic mass is 35.5. The fraction of sp³-hybridized carbons (Fsp3) is 0.240. The zero-order chi connectivity index (χ0) is 20.0. The van der Waals surface area contributed by atoms with Crippen LogP contribution in [0.4, 0.5) is 0 Å². The topological polar surface area (TPSA) is 25.5 Å². The van der Waals surface area contributed by atoms with Crippen molar-refractivity contribution in [2.45, 2.75) is 26.9 Å². The molecule has 2 heterocycles. The van der Waals surface area contributed by atoms with Gasteiger partial charge in [-0.05, 0) is 42.9 Å². The molecule has 2 aromatic heterocycles. The van der Waals surface area contributed by atoms with Crippen molar-refractivity contribution < 1.29 is 0 Å². The molecular weight excluding hydrogens is 427 g/mol. The summed E-state index contributed by atoms with van der Waals surface area (Å²) in [6.45, 7) is 8.72. The predicted molar refractivity (Wildman–Crippen MR) is 136 cm³/mol. The summed E-state index contributed by atoms with van der Waals surface area (Å²) in [5.74, 6) is 0.994. The molecule has 0 saturated carbocycles. The van der Waals surface area contributed by atoms with Gasteiger partial charge in [0.2, 0.25) is 5.78 Å². The Bertz CT molecular complexity index is 1310. The summed E-state index contributed by atoms with van der Waals surface area (Å²) in [5, 5.41) is 2.48. The van der Waals surface area contributed by atoms with Gasteiger partial charge >= 0.3 is 0 Å². The van der Waals surface area contributed by atoms with Crippen molar-refractivity contribution >= 4 is 52.4 Å². The molecule has 1 unspecified atom stereocenters. The number of rotatable bonds is 5. The molecule has 4 nitrogen and oxygen atoms in total. The smallest absolute Gasteiger partial charge is 0.216 e. The molecule has 0 amide bonds. The Labute approximate surface area is 195 Å². The molecule has 6 heteroatoms. The van der Waals surface area contributed by atoms with Gasteiger partial charge in [0.15, 0.2) is 0 Å². The molecule has 0 radical (unpaired) electrons. The second-order valence-corrected chi connectivity index (χ2v) is 7.53. The van der Waals surface area contributed by atoms with Crippen molar-refractivity contribution in [2.24, 2.45) is 0 Å². The van der Waals surface area contributed by atoms with Crippen LogP contribution in [0.25, 0.3) is 38.8 Å². The molecule has 0 aliphatic heterocycles. The van der Waals surface area contributed by atoms with E-state index in [0.717, 1.165) is 24.6 Å². The van der Waals surface area contributed by atoms with Crippen LogP contribution in [-0.4, -0.2) is 31.9 Å². The van der Waals surface area contributed by atoms with Crippen LogP contribution in [0.1, 0.15) is 26.9 Å². The SMILES string of the molecule is CCN(CC)C(C)n1c2ccccc2n2cc(-c3cccc4ccccc34)nc12.Cl.Cl. The third-order valence-electron chi connectivity index (χ3n) is 6.08. The summed E-state index contributed by atoms with van der Waals surface area (Å²) in [5.41, 5.74) is 4.61. The molecular formula is C25H28Cl2N4. The summed E-state index contributed by atoms with van der Waals surface area (Å²) < 4.78 is 4.61. The van der Waals surface area contributed by atoms with E-state index in [1.807, 2.05) is 0 Å². The summed E-state index contributed by atoms with van der Waals surface area (Å²) >= 11 is 0. The minimum atomic E-state index is 0. The molecule has 0 N–H and O–H groups in total. The second-order valence-electron chi connectivity index (χ2n) is 7.53. The monoisotopic (exact) mass is 454 g/mol. The number of hydrogen-bond acceptors (Lipinski definition) is 2. The number of halogens is 2. The van der Waals surface area contributed by atoms with Crippen LogP contribution in [0.15, 0.2) is 72.9 Å². The normalized spacial score (nSPS) is 12.3. The summed E-state index contributed by atoms with van der Waals surface area (Å²) in [6, 6.07) is 23.6. The predicted octanol–water partition coefficient (Wildman–Crippen LogP) is 6.81. The van der Waals surface area contributed by atoms with E-state index in [4.69, 9.17) is 4.98 Å². The Morgan fingerprint density at radius 3 is 2.23 bits per heavy atom. The van der Waals surface area contributed by atoms with Crippen LogP contribution >= 0.6 is 24.8 Å². The lowest BCUT2D eigenvalue weighted by Crippen LogP contribution is -2.30. The van der Waals surface area contributed by atoms with E-state index in [1.54, 1.807) is 0 Å². The molecule has 0 saturated heterocycles. The minimum absolute atomic E-state index is 0. The van der Waals surface area contributed by atoms with Gasteiger partial charge in [0.05, 0.1) is 22.9 Å². The molecule has 162 valence electrons. The Morgan fingerprint density at radius 2 is 1.48 bits per heavy atom. The molecule has 0 spiro atoms. The lowest BCUT2D eigenvalue weighted by atomic mass is 10.0. The highest BCUT2D eigenvalue weighted by Crippen LogP contribution is 2.32. The molecule has 31 heavy (non-hydrogen) atoms. The second kappa shape index (κ2) is 9.31. The van der Waals surface area contributed by atoms with Crippen molar-refractivity contribution in [3.63, 3.8) is 0 Å². The largest absolute Gasteiger partial charge is 0.294 e. The quantitative estimate of drug-likeness (QED) is 0.291. The van der Waals surface area contributed by atoms with Crippen LogP contribution < -0.4 is 0 Å². The van der Waals surface area contributed by atoms with E-state index in [2.05, 4.69) is 108 Å². The number of imidazole rings is 2. The lowest BCUT2D eigenvalue weighted by Gasteiger charge is -2.28. The number of benzene rings is 3. The van der Waals surface area contributed by atoms with Crippen molar-refractivity contribution in [1.82, 2.24) is 18.9 Å². The van der Waals surface area contributed by atoms with Crippen LogP contribution in [0.5, 0.6) is 0 Å². The first-order valence-electron chi connectivity index (χ1n) is 10.4. The van der Waals surface area contributed by atoms with E-state index in [-0.39, 0.29) is 31.0 Å². The van der Waals surface area contributed by atoms with Crippen LogP contribution in [0.3, 0.4) is 0 Å². The zero-order valence-corrected chi connectivity index (χ0v) is 19.7. The first-order valence-corrected chi connectivity index (χ1v) is 10.4. The standard InChI is InChI=1S/C25H26N4.2ClH/c1-4-27(5-2)18(3)29-24-16-9-8-15-23(24)28-17-22(26-25(28)29)21-14-10-12-19-11-6-7-13-20(19)21;;/h6-18H,4-5H2,1-3H3;2*1H. The summed E-state index contributed by atoms with van der Waals surface area (Å²) in [4.78, 5) is 7.60. The van der Waals surface area contributed by atoms with E-state index in [0.29, 0.717) is 0 Å². The zero-order valence-electron chi connectivity index (χ0n) is 18.0. The molecule has 3 aromatic carbocycles. The Morgan fingerprint density at radius 1 is 0.839 bits per heavy atom. The van der Waals surface area contributed by atoms with Gasteiger partial charge in [-0.15, -0.1) is 24.8 Å². The first-order chi connectivity index (χ1) is 14.2. The average molecular weight is 455 g/mol. The fourth-order valence-corrected chi connectivity index (χ4v) is 4.56. The van der Waals surface area contributed by atoms with Crippen molar-refractivity contribution in [3.8, 4) is 11.3 Å². The Kier molecular flexibility index (Phi) is 6.95. The van der Waals surface area contributed by atoms with E-state index >= 15 is 0 Å². The molecule has 0 bridgehead atoms. The molecule has 5 aromatic rings. The molecule has 1 atom stereocenters. The fourth-order valence-electron chi connectivity index (χ4n) is 4.56. The summed E-state index contributed by atoms with van der Waals surface area (Å²) in [6.07, 6.45) is 2.42. The molecule has 5 rings (SSSR count). The lowest BCUT2D eigenvalue weighted by molar-refractivity contribution is 0.179. The number of nitrogens with zero attached hydrogens (tertiary/aromatic N) is 4. The number of hydrogen-bond donors (Lipinski definition) is 0. The van der Waals surface area contributed by atoms with Gasteiger partial charge in [0.25, 0.3) is 0 Å². The molecule has 0 fully saturated rings. The highest BCUT2D eigenvalue weighted by molar-refractivity contribution is 5.96. The van der Waals surface area contributed by atoms with Gasteiger partial charge in [0, 0.05) is 11.8 Å². The summed E-state index contributed by atoms with van der Waals surface area (Å²) in [7, 11) is 0. The van der Waals surface area contributed by atoms with E-state index in [9.17, 15) is 0 Å². The molecule has 0 aliphatic carbocycles. The molecule has 0 aliphatic rings. The van der Waals surface area contributed by atoms with E-state index < -0.39 is 0 Å². The van der Waals surface area contributed by atoms with Crippen LogP contribution in [-0.2, 0) is 0 Å². The van der Waals surface area contributed by atoms with Gasteiger partial charge in [-0.3, -0.25) is 13.9 Å². The third kappa shape index (κ3) is 3.69. The van der Waals surface area contributed by atoms with Crippen LogP contribution in [0.2, 0.25) is 0 Å². The van der Waals surface area contributed by atoms with Crippen molar-refractivity contribution in [3.05, 3.63) is 72.9 Å². The number of aromatic nitrogens is 3. The average Bonchev–Trinajstić information content (AvgIpc) is 3.31. The van der Waals surface area contributed by atoms with Crippen molar-refractivity contribution in [2.75, 3.05) is 13.1 Å². The maximum atomic E-state index is 5.14.